The van der Waals surface area contributed by atoms with Gasteiger partial charge in [0.2, 0.25) is 0 Å². The lowest BCUT2D eigenvalue weighted by Crippen LogP contribution is -2.55. The van der Waals surface area contributed by atoms with Crippen LogP contribution in [0.5, 0.6) is 5.75 Å². The van der Waals surface area contributed by atoms with Crippen LogP contribution in [-0.2, 0) is 6.61 Å². The standard InChI is InChI=1S/C22H24FNO2S/c23-18-1-3-19(4-2-18)26-11-15-10-20(27-12-15)22(25)24-21-16-6-13-5-14(8-16)9-17(21)7-13/h1-4,10,12-14,16-17,21H,5-9,11H2,(H,24,25). The van der Waals surface area contributed by atoms with E-state index in [9.17, 15) is 9.18 Å². The first-order valence-electron chi connectivity index (χ1n) is 9.90. The summed E-state index contributed by atoms with van der Waals surface area (Å²) in [6, 6.07) is 8.27. The fourth-order valence-corrected chi connectivity index (χ4v) is 6.45. The van der Waals surface area contributed by atoms with Gasteiger partial charge in [-0.3, -0.25) is 4.79 Å². The Morgan fingerprint density at radius 1 is 1.07 bits per heavy atom. The molecule has 0 spiro atoms. The fraction of sp³-hybridized carbons (Fsp3) is 0.500. The highest BCUT2D eigenvalue weighted by Crippen LogP contribution is 2.53. The van der Waals surface area contributed by atoms with Crippen LogP contribution in [0.4, 0.5) is 4.39 Å². The Kier molecular flexibility index (Phi) is 4.43. The van der Waals surface area contributed by atoms with Crippen LogP contribution in [0.1, 0.15) is 47.3 Å². The fourth-order valence-electron chi connectivity index (χ4n) is 5.65. The number of ether oxygens (including phenoxy) is 1. The molecule has 4 fully saturated rings. The Balaban J connectivity index is 1.19. The van der Waals surface area contributed by atoms with Gasteiger partial charge in [0.25, 0.3) is 5.91 Å². The van der Waals surface area contributed by atoms with Crippen molar-refractivity contribution < 1.29 is 13.9 Å². The molecule has 27 heavy (non-hydrogen) atoms. The van der Waals surface area contributed by atoms with Gasteiger partial charge in [0.1, 0.15) is 18.2 Å². The minimum atomic E-state index is -0.276. The molecule has 0 aliphatic heterocycles. The van der Waals surface area contributed by atoms with Crippen LogP contribution >= 0.6 is 11.3 Å². The maximum absolute atomic E-state index is 12.9. The third kappa shape index (κ3) is 3.49. The average Bonchev–Trinajstić information content (AvgIpc) is 3.13. The zero-order chi connectivity index (χ0) is 18.4. The Morgan fingerprint density at radius 3 is 2.41 bits per heavy atom. The van der Waals surface area contributed by atoms with E-state index in [4.69, 9.17) is 4.74 Å². The second-order valence-electron chi connectivity index (χ2n) is 8.49. The van der Waals surface area contributed by atoms with Gasteiger partial charge in [0.05, 0.1) is 4.88 Å². The molecule has 1 N–H and O–H groups in total. The molecule has 0 saturated heterocycles. The lowest BCUT2D eigenvalue weighted by Gasteiger charge is -2.54. The summed E-state index contributed by atoms with van der Waals surface area (Å²) < 4.78 is 18.6. The van der Waals surface area contributed by atoms with Crippen molar-refractivity contribution in [2.75, 3.05) is 0 Å². The summed E-state index contributed by atoms with van der Waals surface area (Å²) in [4.78, 5) is 13.5. The molecule has 0 radical (unpaired) electrons. The number of nitrogens with one attached hydrogen (secondary N) is 1. The van der Waals surface area contributed by atoms with Crippen molar-refractivity contribution >= 4 is 17.2 Å². The molecule has 0 atom stereocenters. The van der Waals surface area contributed by atoms with E-state index in [1.165, 1.54) is 55.6 Å². The molecule has 0 unspecified atom stereocenters. The quantitative estimate of drug-likeness (QED) is 0.785. The van der Waals surface area contributed by atoms with E-state index < -0.39 is 0 Å². The van der Waals surface area contributed by atoms with Gasteiger partial charge in [-0.15, -0.1) is 11.3 Å². The molecular formula is C22H24FNO2S. The van der Waals surface area contributed by atoms with E-state index >= 15 is 0 Å². The van der Waals surface area contributed by atoms with Crippen molar-refractivity contribution in [1.29, 1.82) is 0 Å². The summed E-state index contributed by atoms with van der Waals surface area (Å²) in [5, 5.41) is 5.33. The van der Waals surface area contributed by atoms with Crippen LogP contribution in [0.2, 0.25) is 0 Å². The lowest BCUT2D eigenvalue weighted by atomic mass is 9.54. The monoisotopic (exact) mass is 385 g/mol. The largest absolute Gasteiger partial charge is 0.489 e. The van der Waals surface area contributed by atoms with Gasteiger partial charge in [-0.25, -0.2) is 4.39 Å². The van der Waals surface area contributed by atoms with Crippen molar-refractivity contribution in [2.24, 2.45) is 23.7 Å². The van der Waals surface area contributed by atoms with Crippen LogP contribution < -0.4 is 10.1 Å². The van der Waals surface area contributed by atoms with Crippen LogP contribution in [0.25, 0.3) is 0 Å². The van der Waals surface area contributed by atoms with Gasteiger partial charge in [0.15, 0.2) is 0 Å². The SMILES string of the molecule is O=C(NC1C2CC3CC(C2)CC1C3)c1cc(COc2ccc(F)cc2)cs1. The first-order valence-corrected chi connectivity index (χ1v) is 10.8. The summed E-state index contributed by atoms with van der Waals surface area (Å²) in [6.07, 6.45) is 6.65. The van der Waals surface area contributed by atoms with Crippen molar-refractivity contribution in [3.05, 3.63) is 52.0 Å². The summed E-state index contributed by atoms with van der Waals surface area (Å²) in [5.41, 5.74) is 0.972. The molecule has 6 rings (SSSR count). The molecule has 5 heteroatoms. The van der Waals surface area contributed by atoms with E-state index in [1.54, 1.807) is 12.1 Å². The molecule has 3 nitrogen and oxygen atoms in total. The first-order chi connectivity index (χ1) is 13.1. The summed E-state index contributed by atoms with van der Waals surface area (Å²) in [7, 11) is 0. The van der Waals surface area contributed by atoms with E-state index in [0.717, 1.165) is 22.3 Å². The minimum Gasteiger partial charge on any atom is -0.489 e. The number of amides is 1. The Hall–Kier alpha value is -1.88. The van der Waals surface area contributed by atoms with Crippen molar-refractivity contribution in [3.8, 4) is 5.75 Å². The summed E-state index contributed by atoms with van der Waals surface area (Å²) in [5.74, 6) is 3.61. The van der Waals surface area contributed by atoms with Gasteiger partial charge in [-0.2, -0.15) is 0 Å². The predicted octanol–water partition coefficient (Wildman–Crippen LogP) is 5.02. The van der Waals surface area contributed by atoms with E-state index in [-0.39, 0.29) is 11.7 Å². The number of halogens is 1. The van der Waals surface area contributed by atoms with E-state index in [1.807, 2.05) is 11.4 Å². The second-order valence-corrected chi connectivity index (χ2v) is 9.40. The molecule has 1 aromatic heterocycles. The predicted molar refractivity (Wildman–Crippen MR) is 103 cm³/mol. The number of carbonyl (C=O) groups excluding carboxylic acids is 1. The molecule has 4 aliphatic rings. The van der Waals surface area contributed by atoms with Crippen LogP contribution in [-0.4, -0.2) is 11.9 Å². The van der Waals surface area contributed by atoms with E-state index in [2.05, 4.69) is 5.32 Å². The number of thiophene rings is 1. The zero-order valence-electron chi connectivity index (χ0n) is 15.2. The number of rotatable bonds is 5. The smallest absolute Gasteiger partial charge is 0.261 e. The van der Waals surface area contributed by atoms with Crippen LogP contribution in [0.3, 0.4) is 0 Å². The average molecular weight is 386 g/mol. The van der Waals surface area contributed by atoms with Crippen molar-refractivity contribution in [3.63, 3.8) is 0 Å². The molecule has 4 saturated carbocycles. The molecule has 2 aromatic rings. The summed E-state index contributed by atoms with van der Waals surface area (Å²) >= 11 is 1.47. The minimum absolute atomic E-state index is 0.0607. The molecule has 142 valence electrons. The molecule has 1 heterocycles. The van der Waals surface area contributed by atoms with Crippen LogP contribution in [0, 0.1) is 29.5 Å². The molecule has 1 aromatic carbocycles. The highest BCUT2D eigenvalue weighted by molar-refractivity contribution is 7.12. The van der Waals surface area contributed by atoms with Crippen LogP contribution in [0.15, 0.2) is 35.7 Å². The number of hydrogen-bond acceptors (Lipinski definition) is 3. The third-order valence-corrected chi connectivity index (χ3v) is 7.60. The van der Waals surface area contributed by atoms with Gasteiger partial charge in [-0.1, -0.05) is 0 Å². The molecule has 4 bridgehead atoms. The molecule has 1 amide bonds. The third-order valence-electron chi connectivity index (χ3n) is 6.62. The van der Waals surface area contributed by atoms with Crippen molar-refractivity contribution in [2.45, 2.75) is 44.8 Å². The number of carbonyl (C=O) groups is 1. The maximum atomic E-state index is 12.9. The second kappa shape index (κ2) is 6.93. The number of hydrogen-bond donors (Lipinski definition) is 1. The van der Waals surface area contributed by atoms with Gasteiger partial charge < -0.3 is 10.1 Å². The van der Waals surface area contributed by atoms with E-state index in [0.29, 0.717) is 30.2 Å². The highest BCUT2D eigenvalue weighted by atomic mass is 32.1. The Morgan fingerprint density at radius 2 is 1.74 bits per heavy atom. The Bertz CT molecular complexity index is 803. The highest BCUT2D eigenvalue weighted by Gasteiger charge is 2.48. The van der Waals surface area contributed by atoms with Gasteiger partial charge >= 0.3 is 0 Å². The first kappa shape index (κ1) is 17.2. The normalized spacial score (nSPS) is 31.1. The summed E-state index contributed by atoms with van der Waals surface area (Å²) in [6.45, 7) is 0.382. The zero-order valence-corrected chi connectivity index (χ0v) is 16.0. The Labute approximate surface area is 162 Å². The van der Waals surface area contributed by atoms with Gasteiger partial charge in [0, 0.05) is 11.6 Å². The molecular weight excluding hydrogens is 361 g/mol. The maximum Gasteiger partial charge on any atom is 0.261 e. The van der Waals surface area contributed by atoms with Gasteiger partial charge in [-0.05, 0) is 91.5 Å². The topological polar surface area (TPSA) is 38.3 Å². The number of benzene rings is 1. The van der Waals surface area contributed by atoms with Crippen molar-refractivity contribution in [1.82, 2.24) is 5.32 Å². The lowest BCUT2D eigenvalue weighted by molar-refractivity contribution is -0.0119. The molecule has 4 aliphatic carbocycles.